The maximum absolute atomic E-state index is 12.5. The molecular weight excluding hydrogens is 374 g/mol. The second-order valence-corrected chi connectivity index (χ2v) is 6.77. The number of hydrogen-bond donors (Lipinski definition) is 2. The Kier molecular flexibility index (Phi) is 4.69. The van der Waals surface area contributed by atoms with E-state index in [0.29, 0.717) is 11.4 Å². The molecule has 2 heterocycles. The number of carbonyl (C=O) groups is 2. The fourth-order valence-corrected chi connectivity index (χ4v) is 3.39. The molecule has 7 nitrogen and oxygen atoms in total. The van der Waals surface area contributed by atoms with Gasteiger partial charge in [0.25, 0.3) is 11.8 Å². The number of anilines is 1. The summed E-state index contributed by atoms with van der Waals surface area (Å²) in [6.07, 6.45) is 1.65. The summed E-state index contributed by atoms with van der Waals surface area (Å²) in [6, 6.07) is 18.3. The Labute approximate surface area is 164 Å². The number of hydrogen-bond acceptors (Lipinski definition) is 5. The zero-order valence-corrected chi connectivity index (χ0v) is 15.4. The van der Waals surface area contributed by atoms with Crippen molar-refractivity contribution in [2.24, 2.45) is 5.73 Å². The smallest absolute Gasteiger partial charge is 0.275 e. The second-order valence-electron chi connectivity index (χ2n) is 5.91. The molecule has 0 atom stereocenters. The first-order chi connectivity index (χ1) is 13.6. The van der Waals surface area contributed by atoms with E-state index in [1.165, 1.54) is 16.0 Å². The molecule has 0 aliphatic carbocycles. The maximum atomic E-state index is 12.5. The van der Waals surface area contributed by atoms with E-state index >= 15 is 0 Å². The molecule has 138 valence electrons. The minimum Gasteiger partial charge on any atom is -0.364 e. The van der Waals surface area contributed by atoms with E-state index in [-0.39, 0.29) is 11.6 Å². The van der Waals surface area contributed by atoms with Gasteiger partial charge < -0.3 is 11.1 Å². The molecule has 0 bridgehead atoms. The quantitative estimate of drug-likeness (QED) is 0.546. The van der Waals surface area contributed by atoms with Gasteiger partial charge in [0, 0.05) is 22.8 Å². The van der Waals surface area contributed by atoms with Crippen LogP contribution >= 0.6 is 11.3 Å². The zero-order valence-electron chi connectivity index (χ0n) is 14.6. The average molecular weight is 389 g/mol. The first-order valence-electron chi connectivity index (χ1n) is 8.38. The van der Waals surface area contributed by atoms with Crippen LogP contribution in [0, 0.1) is 0 Å². The standard InChI is InChI=1S/C20H15N5O2S/c21-18(26)16-10-11-25(24-16)15-8-6-14(7-9-15)22-19(27)17-12-28-20(23-17)13-4-2-1-3-5-13/h1-12H,(H2,21,26)(H,22,27). The van der Waals surface area contributed by atoms with E-state index < -0.39 is 5.91 Å². The van der Waals surface area contributed by atoms with Gasteiger partial charge in [-0.25, -0.2) is 9.67 Å². The Hall–Kier alpha value is -3.78. The molecule has 0 fully saturated rings. The van der Waals surface area contributed by atoms with Crippen molar-refractivity contribution in [3.8, 4) is 16.3 Å². The molecule has 0 unspecified atom stereocenters. The van der Waals surface area contributed by atoms with Gasteiger partial charge in [-0.05, 0) is 30.3 Å². The number of aromatic nitrogens is 3. The van der Waals surface area contributed by atoms with Crippen molar-refractivity contribution in [1.82, 2.24) is 14.8 Å². The van der Waals surface area contributed by atoms with Crippen LogP contribution in [0.15, 0.2) is 72.2 Å². The molecular formula is C20H15N5O2S. The third kappa shape index (κ3) is 3.67. The van der Waals surface area contributed by atoms with E-state index in [4.69, 9.17) is 5.73 Å². The fourth-order valence-electron chi connectivity index (χ4n) is 2.58. The summed E-state index contributed by atoms with van der Waals surface area (Å²) in [6.45, 7) is 0. The van der Waals surface area contributed by atoms with Gasteiger partial charge in [0.2, 0.25) is 0 Å². The van der Waals surface area contributed by atoms with E-state index in [1.807, 2.05) is 30.3 Å². The van der Waals surface area contributed by atoms with Crippen molar-refractivity contribution in [2.45, 2.75) is 0 Å². The van der Waals surface area contributed by atoms with Crippen LogP contribution in [-0.2, 0) is 0 Å². The molecule has 0 spiro atoms. The summed E-state index contributed by atoms with van der Waals surface area (Å²) in [5.41, 5.74) is 8.12. The van der Waals surface area contributed by atoms with Gasteiger partial charge in [0.05, 0.1) is 5.69 Å². The zero-order chi connectivity index (χ0) is 19.5. The molecule has 2 aromatic carbocycles. The summed E-state index contributed by atoms with van der Waals surface area (Å²) in [5, 5.41) is 9.46. The average Bonchev–Trinajstić information content (AvgIpc) is 3.39. The highest BCUT2D eigenvalue weighted by molar-refractivity contribution is 7.13. The van der Waals surface area contributed by atoms with E-state index in [2.05, 4.69) is 15.4 Å². The topological polar surface area (TPSA) is 103 Å². The third-order valence-electron chi connectivity index (χ3n) is 3.99. The SMILES string of the molecule is NC(=O)c1ccn(-c2ccc(NC(=O)c3csc(-c4ccccc4)n3)cc2)n1. The van der Waals surface area contributed by atoms with Crippen LogP contribution in [0.5, 0.6) is 0 Å². The number of benzene rings is 2. The Balaban J connectivity index is 1.46. The number of rotatable bonds is 5. The van der Waals surface area contributed by atoms with Gasteiger partial charge in [-0.15, -0.1) is 11.3 Å². The predicted octanol–water partition coefficient (Wildman–Crippen LogP) is 3.35. The van der Waals surface area contributed by atoms with Gasteiger partial charge >= 0.3 is 0 Å². The van der Waals surface area contributed by atoms with Crippen LogP contribution in [-0.4, -0.2) is 26.6 Å². The molecule has 2 aromatic heterocycles. The molecule has 28 heavy (non-hydrogen) atoms. The largest absolute Gasteiger partial charge is 0.364 e. The molecule has 0 saturated heterocycles. The lowest BCUT2D eigenvalue weighted by Crippen LogP contribution is -2.13. The van der Waals surface area contributed by atoms with Crippen molar-refractivity contribution in [2.75, 3.05) is 5.32 Å². The number of primary amides is 1. The van der Waals surface area contributed by atoms with Crippen LogP contribution in [0.3, 0.4) is 0 Å². The van der Waals surface area contributed by atoms with Crippen molar-refractivity contribution in [3.05, 3.63) is 83.6 Å². The molecule has 0 aliphatic heterocycles. The Bertz CT molecular complexity index is 1130. The molecule has 4 aromatic rings. The molecule has 0 saturated carbocycles. The lowest BCUT2D eigenvalue weighted by molar-refractivity contribution is 0.0992. The van der Waals surface area contributed by atoms with Crippen LogP contribution in [0.2, 0.25) is 0 Å². The summed E-state index contributed by atoms with van der Waals surface area (Å²) in [5.74, 6) is -0.859. The van der Waals surface area contributed by atoms with Gasteiger partial charge in [0.15, 0.2) is 0 Å². The monoisotopic (exact) mass is 389 g/mol. The summed E-state index contributed by atoms with van der Waals surface area (Å²) < 4.78 is 1.54. The van der Waals surface area contributed by atoms with Crippen molar-refractivity contribution < 1.29 is 9.59 Å². The van der Waals surface area contributed by atoms with Gasteiger partial charge in [-0.3, -0.25) is 9.59 Å². The van der Waals surface area contributed by atoms with Gasteiger partial charge in [-0.2, -0.15) is 5.10 Å². The van der Waals surface area contributed by atoms with Crippen LogP contribution in [0.25, 0.3) is 16.3 Å². The number of thiazole rings is 1. The first-order valence-corrected chi connectivity index (χ1v) is 9.26. The van der Waals surface area contributed by atoms with Crippen LogP contribution < -0.4 is 11.1 Å². The molecule has 2 amide bonds. The summed E-state index contributed by atoms with van der Waals surface area (Å²) in [4.78, 5) is 28.0. The van der Waals surface area contributed by atoms with Crippen LogP contribution in [0.4, 0.5) is 5.69 Å². The molecule has 0 radical (unpaired) electrons. The first kappa shape index (κ1) is 17.6. The summed E-state index contributed by atoms with van der Waals surface area (Å²) >= 11 is 1.42. The van der Waals surface area contributed by atoms with Crippen molar-refractivity contribution in [1.29, 1.82) is 0 Å². The highest BCUT2D eigenvalue weighted by Gasteiger charge is 2.12. The summed E-state index contributed by atoms with van der Waals surface area (Å²) in [7, 11) is 0. The number of amides is 2. The lowest BCUT2D eigenvalue weighted by atomic mass is 10.2. The highest BCUT2D eigenvalue weighted by atomic mass is 32.1. The van der Waals surface area contributed by atoms with E-state index in [0.717, 1.165) is 16.3 Å². The number of nitrogens with two attached hydrogens (primary N) is 1. The number of nitrogens with zero attached hydrogens (tertiary/aromatic N) is 3. The van der Waals surface area contributed by atoms with E-state index in [1.54, 1.807) is 41.9 Å². The Morgan fingerprint density at radius 3 is 2.39 bits per heavy atom. The fraction of sp³-hybridized carbons (Fsp3) is 0. The van der Waals surface area contributed by atoms with Gasteiger partial charge in [-0.1, -0.05) is 30.3 Å². The molecule has 8 heteroatoms. The number of nitrogens with one attached hydrogen (secondary N) is 1. The number of carbonyl (C=O) groups excluding carboxylic acids is 2. The second kappa shape index (κ2) is 7.45. The van der Waals surface area contributed by atoms with Crippen LogP contribution in [0.1, 0.15) is 21.0 Å². The highest BCUT2D eigenvalue weighted by Crippen LogP contribution is 2.24. The normalized spacial score (nSPS) is 10.6. The molecule has 3 N–H and O–H groups in total. The third-order valence-corrected chi connectivity index (χ3v) is 4.88. The Morgan fingerprint density at radius 2 is 1.71 bits per heavy atom. The maximum Gasteiger partial charge on any atom is 0.275 e. The molecule has 4 rings (SSSR count). The predicted molar refractivity (Wildman–Crippen MR) is 108 cm³/mol. The van der Waals surface area contributed by atoms with Crippen molar-refractivity contribution in [3.63, 3.8) is 0 Å². The van der Waals surface area contributed by atoms with Gasteiger partial charge in [0.1, 0.15) is 16.4 Å². The Morgan fingerprint density at radius 1 is 0.964 bits per heavy atom. The minimum absolute atomic E-state index is 0.190. The lowest BCUT2D eigenvalue weighted by Gasteiger charge is -2.05. The molecule has 0 aliphatic rings. The van der Waals surface area contributed by atoms with E-state index in [9.17, 15) is 9.59 Å². The van der Waals surface area contributed by atoms with Crippen molar-refractivity contribution >= 4 is 28.8 Å². The minimum atomic E-state index is -0.583.